The van der Waals surface area contributed by atoms with E-state index in [0.29, 0.717) is 0 Å². The van der Waals surface area contributed by atoms with E-state index in [1.165, 1.54) is 7.11 Å². The summed E-state index contributed by atoms with van der Waals surface area (Å²) in [6.45, 7) is 5.93. The Morgan fingerprint density at radius 1 is 1.50 bits per heavy atom. The Balaban J connectivity index is 2.14. The van der Waals surface area contributed by atoms with Crippen LogP contribution in [0.4, 0.5) is 0 Å². The maximum Gasteiger partial charge on any atom is 0.496 e. The SMILES string of the molecule is COC(=O)c1ccc(B2OC(C)C(C)(C)O2)cn1. The smallest absolute Gasteiger partial charge is 0.464 e. The average Bonchev–Trinajstić information content (AvgIpc) is 2.63. The van der Waals surface area contributed by atoms with Crippen LogP contribution in [0.5, 0.6) is 0 Å². The van der Waals surface area contributed by atoms with Crippen molar-refractivity contribution in [3.63, 3.8) is 0 Å². The van der Waals surface area contributed by atoms with Gasteiger partial charge in [-0.1, -0.05) is 6.07 Å². The van der Waals surface area contributed by atoms with Crippen LogP contribution in [0.15, 0.2) is 18.3 Å². The van der Waals surface area contributed by atoms with Crippen molar-refractivity contribution in [2.75, 3.05) is 7.11 Å². The van der Waals surface area contributed by atoms with Gasteiger partial charge in [-0.2, -0.15) is 0 Å². The van der Waals surface area contributed by atoms with Crippen molar-refractivity contribution >= 4 is 18.6 Å². The maximum absolute atomic E-state index is 11.3. The molecule has 0 spiro atoms. The van der Waals surface area contributed by atoms with Gasteiger partial charge in [-0.3, -0.25) is 0 Å². The van der Waals surface area contributed by atoms with Gasteiger partial charge in [-0.15, -0.1) is 0 Å². The number of esters is 1. The topological polar surface area (TPSA) is 57.7 Å². The molecule has 2 heterocycles. The summed E-state index contributed by atoms with van der Waals surface area (Å²) in [6.07, 6.45) is 1.58. The zero-order valence-corrected chi connectivity index (χ0v) is 11.0. The van der Waals surface area contributed by atoms with Crippen molar-refractivity contribution in [3.8, 4) is 0 Å². The molecule has 1 fully saturated rings. The lowest BCUT2D eigenvalue weighted by atomic mass is 9.80. The molecule has 0 radical (unpaired) electrons. The Hall–Kier alpha value is -1.40. The molecule has 6 heteroatoms. The number of rotatable bonds is 2. The zero-order chi connectivity index (χ0) is 13.3. The lowest BCUT2D eigenvalue weighted by Gasteiger charge is -2.21. The molecule has 1 saturated heterocycles. The second kappa shape index (κ2) is 4.70. The van der Waals surface area contributed by atoms with Crippen molar-refractivity contribution in [1.82, 2.24) is 4.98 Å². The van der Waals surface area contributed by atoms with Crippen molar-refractivity contribution in [3.05, 3.63) is 24.0 Å². The van der Waals surface area contributed by atoms with E-state index in [-0.39, 0.29) is 17.4 Å². The molecule has 1 aromatic heterocycles. The molecule has 1 atom stereocenters. The molecule has 2 rings (SSSR count). The fourth-order valence-electron chi connectivity index (χ4n) is 1.67. The third-order valence-electron chi connectivity index (χ3n) is 3.17. The maximum atomic E-state index is 11.3. The molecular weight excluding hydrogens is 233 g/mol. The number of hydrogen-bond acceptors (Lipinski definition) is 5. The molecule has 1 unspecified atom stereocenters. The van der Waals surface area contributed by atoms with Gasteiger partial charge in [0.15, 0.2) is 0 Å². The van der Waals surface area contributed by atoms with Crippen LogP contribution in [-0.4, -0.2) is 36.9 Å². The summed E-state index contributed by atoms with van der Waals surface area (Å²) in [7, 11) is 0.889. The first-order chi connectivity index (χ1) is 8.44. The van der Waals surface area contributed by atoms with Crippen molar-refractivity contribution in [1.29, 1.82) is 0 Å². The van der Waals surface area contributed by atoms with Gasteiger partial charge in [0.1, 0.15) is 5.69 Å². The van der Waals surface area contributed by atoms with Crippen LogP contribution >= 0.6 is 0 Å². The summed E-state index contributed by atoms with van der Waals surface area (Å²) in [4.78, 5) is 15.3. The second-order valence-electron chi connectivity index (χ2n) is 4.80. The van der Waals surface area contributed by atoms with Crippen LogP contribution < -0.4 is 5.46 Å². The molecule has 1 aromatic rings. The minimum absolute atomic E-state index is 0.00258. The van der Waals surface area contributed by atoms with E-state index in [9.17, 15) is 4.79 Å². The van der Waals surface area contributed by atoms with Crippen LogP contribution in [0, 0.1) is 0 Å². The molecule has 0 bridgehead atoms. The number of aromatic nitrogens is 1. The number of nitrogens with zero attached hydrogens (tertiary/aromatic N) is 1. The molecule has 0 saturated carbocycles. The predicted molar refractivity (Wildman–Crippen MR) is 66.7 cm³/mol. The highest BCUT2D eigenvalue weighted by molar-refractivity contribution is 6.61. The van der Waals surface area contributed by atoms with Gasteiger partial charge < -0.3 is 14.0 Å². The average molecular weight is 249 g/mol. The third kappa shape index (κ3) is 2.39. The largest absolute Gasteiger partial charge is 0.496 e. The molecule has 1 aliphatic heterocycles. The van der Waals surface area contributed by atoms with Crippen LogP contribution in [0.3, 0.4) is 0 Å². The van der Waals surface area contributed by atoms with Crippen molar-refractivity contribution in [2.45, 2.75) is 32.5 Å². The third-order valence-corrected chi connectivity index (χ3v) is 3.17. The number of carbonyl (C=O) groups is 1. The number of methoxy groups -OCH3 is 1. The van der Waals surface area contributed by atoms with Gasteiger partial charge in [0.05, 0.1) is 18.8 Å². The minimum atomic E-state index is -0.455. The highest BCUT2D eigenvalue weighted by atomic mass is 16.7. The Labute approximate surface area is 107 Å². The van der Waals surface area contributed by atoms with Crippen LogP contribution in [0.1, 0.15) is 31.3 Å². The minimum Gasteiger partial charge on any atom is -0.464 e. The van der Waals surface area contributed by atoms with E-state index in [4.69, 9.17) is 9.31 Å². The van der Waals surface area contributed by atoms with Crippen LogP contribution in [0.2, 0.25) is 0 Å². The quantitative estimate of drug-likeness (QED) is 0.572. The molecule has 5 nitrogen and oxygen atoms in total. The molecule has 0 N–H and O–H groups in total. The van der Waals surface area contributed by atoms with Gasteiger partial charge in [-0.05, 0) is 26.8 Å². The lowest BCUT2D eigenvalue weighted by Crippen LogP contribution is -2.35. The predicted octanol–water partition coefficient (Wildman–Crippen LogP) is 0.777. The molecular formula is C12H16BNO4. The Kier molecular flexibility index (Phi) is 3.41. The van der Waals surface area contributed by atoms with Gasteiger partial charge in [-0.25, -0.2) is 9.78 Å². The highest BCUT2D eigenvalue weighted by Gasteiger charge is 2.43. The highest BCUT2D eigenvalue weighted by Crippen LogP contribution is 2.26. The standard InChI is InChI=1S/C12H16BNO4/c1-8-12(2,3)18-13(17-8)9-5-6-10(14-7-9)11(15)16-4/h5-8H,1-4H3. The number of ether oxygens (including phenoxy) is 1. The van der Waals surface area contributed by atoms with Gasteiger partial charge in [0.2, 0.25) is 0 Å². The van der Waals surface area contributed by atoms with Crippen molar-refractivity contribution in [2.24, 2.45) is 0 Å². The monoisotopic (exact) mass is 249 g/mol. The first kappa shape index (κ1) is 13.0. The summed E-state index contributed by atoms with van der Waals surface area (Å²) < 4.78 is 16.1. The Morgan fingerprint density at radius 3 is 2.67 bits per heavy atom. The normalized spacial score (nSPS) is 22.0. The van der Waals surface area contributed by atoms with Crippen molar-refractivity contribution < 1.29 is 18.8 Å². The fourth-order valence-corrected chi connectivity index (χ4v) is 1.67. The first-order valence-electron chi connectivity index (χ1n) is 5.81. The van der Waals surface area contributed by atoms with Crippen LogP contribution in [-0.2, 0) is 14.0 Å². The zero-order valence-electron chi connectivity index (χ0n) is 11.0. The lowest BCUT2D eigenvalue weighted by molar-refractivity contribution is 0.0594. The first-order valence-corrected chi connectivity index (χ1v) is 5.81. The summed E-state index contributed by atoms with van der Waals surface area (Å²) in [5, 5.41) is 0. The second-order valence-corrected chi connectivity index (χ2v) is 4.80. The van der Waals surface area contributed by atoms with E-state index in [0.717, 1.165) is 5.46 Å². The molecule has 96 valence electrons. The summed E-state index contributed by atoms with van der Waals surface area (Å²) in [5.41, 5.74) is 0.734. The summed E-state index contributed by atoms with van der Waals surface area (Å²) in [6, 6.07) is 3.36. The molecule has 0 aromatic carbocycles. The van der Waals surface area contributed by atoms with E-state index < -0.39 is 13.1 Å². The van der Waals surface area contributed by atoms with E-state index in [2.05, 4.69) is 9.72 Å². The van der Waals surface area contributed by atoms with Crippen LogP contribution in [0.25, 0.3) is 0 Å². The van der Waals surface area contributed by atoms with Gasteiger partial charge in [0.25, 0.3) is 0 Å². The van der Waals surface area contributed by atoms with Gasteiger partial charge in [0, 0.05) is 11.7 Å². The Bertz CT molecular complexity index is 446. The number of pyridine rings is 1. The van der Waals surface area contributed by atoms with Gasteiger partial charge >= 0.3 is 13.1 Å². The number of hydrogen-bond donors (Lipinski definition) is 0. The number of carbonyl (C=O) groups excluding carboxylic acids is 1. The van der Waals surface area contributed by atoms with E-state index in [1.54, 1.807) is 18.3 Å². The Morgan fingerprint density at radius 2 is 2.22 bits per heavy atom. The molecule has 0 amide bonds. The molecule has 0 aliphatic carbocycles. The summed E-state index contributed by atoms with van der Waals surface area (Å²) >= 11 is 0. The summed E-state index contributed by atoms with van der Waals surface area (Å²) in [5.74, 6) is -0.455. The van der Waals surface area contributed by atoms with E-state index in [1.807, 2.05) is 20.8 Å². The fraction of sp³-hybridized carbons (Fsp3) is 0.500. The molecule has 18 heavy (non-hydrogen) atoms. The molecule has 1 aliphatic rings. The van der Waals surface area contributed by atoms with E-state index >= 15 is 0 Å².